The zero-order valence-corrected chi connectivity index (χ0v) is 17.8. The molecule has 2 aromatic rings. The number of Topliss-reactive ketones (excluding diaryl/α,β-unsaturated/α-hetero) is 1. The van der Waals surface area contributed by atoms with E-state index in [4.69, 9.17) is 0 Å². The molecule has 0 bridgehead atoms. The van der Waals surface area contributed by atoms with Gasteiger partial charge in [0.05, 0.1) is 18.2 Å². The summed E-state index contributed by atoms with van der Waals surface area (Å²) in [6.45, 7) is 0. The highest BCUT2D eigenvalue weighted by Gasteiger charge is 2.50. The molecular weight excluding hydrogens is 400 g/mol. The molecule has 0 N–H and O–H groups in total. The molecule has 0 fully saturated rings. The van der Waals surface area contributed by atoms with Crippen LogP contribution in [-0.2, 0) is 19.6 Å². The van der Waals surface area contributed by atoms with Crippen LogP contribution < -0.4 is 4.90 Å². The van der Waals surface area contributed by atoms with Gasteiger partial charge in [-0.2, -0.15) is 0 Å². The monoisotopic (exact) mass is 422 g/mol. The second-order valence-corrected chi connectivity index (χ2v) is 9.62. The molecule has 2 unspecified atom stereocenters. The molecule has 4 rings (SSSR count). The van der Waals surface area contributed by atoms with Crippen molar-refractivity contribution in [1.82, 2.24) is 4.31 Å². The summed E-state index contributed by atoms with van der Waals surface area (Å²) in [6, 6.07) is 15.8. The maximum atomic E-state index is 12.9. The van der Waals surface area contributed by atoms with Crippen LogP contribution in [0.4, 0.5) is 5.69 Å². The van der Waals surface area contributed by atoms with Gasteiger partial charge in [0, 0.05) is 26.0 Å². The fourth-order valence-corrected chi connectivity index (χ4v) is 5.01. The van der Waals surface area contributed by atoms with Crippen molar-refractivity contribution in [3.05, 3.63) is 78.0 Å². The Balaban J connectivity index is 1.88. The second kappa shape index (κ2) is 7.25. The molecule has 2 aromatic carbocycles. The molecule has 0 saturated heterocycles. The molecule has 1 heterocycles. The Bertz CT molecular complexity index is 1180. The maximum Gasteiger partial charge on any atom is 0.232 e. The van der Waals surface area contributed by atoms with E-state index >= 15 is 0 Å². The molecule has 7 heteroatoms. The van der Waals surface area contributed by atoms with Crippen LogP contribution in [0.25, 0.3) is 11.1 Å². The Hall–Kier alpha value is -3.19. The first-order valence-electron chi connectivity index (χ1n) is 9.51. The van der Waals surface area contributed by atoms with Gasteiger partial charge in [0.2, 0.25) is 21.6 Å². The largest absolute Gasteiger partial charge is 0.378 e. The lowest BCUT2D eigenvalue weighted by Crippen LogP contribution is -2.44. The van der Waals surface area contributed by atoms with Gasteiger partial charge in [-0.1, -0.05) is 42.5 Å². The van der Waals surface area contributed by atoms with Gasteiger partial charge < -0.3 is 4.90 Å². The van der Waals surface area contributed by atoms with Crippen LogP contribution in [0.5, 0.6) is 0 Å². The van der Waals surface area contributed by atoms with Gasteiger partial charge in [0.25, 0.3) is 0 Å². The third-order valence-corrected chi connectivity index (χ3v) is 6.63. The van der Waals surface area contributed by atoms with Crippen LogP contribution in [0.1, 0.15) is 11.1 Å². The highest BCUT2D eigenvalue weighted by molar-refractivity contribution is 7.88. The minimum Gasteiger partial charge on any atom is -0.378 e. The minimum absolute atomic E-state index is 0.530. The Kier molecular flexibility index (Phi) is 4.86. The highest BCUT2D eigenvalue weighted by Crippen LogP contribution is 2.45. The molecule has 1 aliphatic heterocycles. The first kappa shape index (κ1) is 20.1. The molecule has 0 amide bonds. The van der Waals surface area contributed by atoms with Crippen molar-refractivity contribution in [2.75, 3.05) is 25.3 Å². The SMILES string of the molecule is CN(C)c1ccc(C2=CC(=O)C(=O)C3C(c4ccccc4)=CN(S(C)(=O)=O)C23)cc1. The first-order valence-corrected chi connectivity index (χ1v) is 11.4. The highest BCUT2D eigenvalue weighted by atomic mass is 32.2. The number of allylic oxidation sites excluding steroid dienone is 1. The maximum absolute atomic E-state index is 12.9. The molecule has 0 radical (unpaired) electrons. The summed E-state index contributed by atoms with van der Waals surface area (Å²) < 4.78 is 26.5. The van der Waals surface area contributed by atoms with E-state index in [-0.39, 0.29) is 0 Å². The molecule has 0 saturated carbocycles. The minimum atomic E-state index is -3.67. The second-order valence-electron chi connectivity index (χ2n) is 7.74. The molecule has 0 spiro atoms. The molecule has 2 atom stereocenters. The van der Waals surface area contributed by atoms with Gasteiger partial charge in [0.1, 0.15) is 0 Å². The number of hydrogen-bond donors (Lipinski definition) is 0. The molecular formula is C23H22N2O4S. The Labute approximate surface area is 176 Å². The van der Waals surface area contributed by atoms with Gasteiger partial charge in [-0.15, -0.1) is 0 Å². The first-order chi connectivity index (χ1) is 14.2. The topological polar surface area (TPSA) is 74.8 Å². The molecule has 6 nitrogen and oxygen atoms in total. The third kappa shape index (κ3) is 3.35. The number of ketones is 2. The van der Waals surface area contributed by atoms with E-state index in [2.05, 4.69) is 0 Å². The van der Waals surface area contributed by atoms with Crippen molar-refractivity contribution in [2.45, 2.75) is 6.04 Å². The van der Waals surface area contributed by atoms with E-state index in [0.717, 1.165) is 17.5 Å². The standard InChI is InChI=1S/C23H22N2O4S/c1-24(2)17-11-9-16(10-12-17)18-13-20(26)23(27)21-19(15-7-5-4-6-8-15)14-25(22(18)21)30(3,28)29/h4-14,21-22H,1-3H3. The van der Waals surface area contributed by atoms with Crippen LogP contribution >= 0.6 is 0 Å². The lowest BCUT2D eigenvalue weighted by atomic mass is 9.76. The molecule has 30 heavy (non-hydrogen) atoms. The van der Waals surface area contributed by atoms with Gasteiger partial charge >= 0.3 is 0 Å². The van der Waals surface area contributed by atoms with Crippen LogP contribution in [-0.4, -0.2) is 50.7 Å². The van der Waals surface area contributed by atoms with Crippen molar-refractivity contribution >= 4 is 38.4 Å². The normalized spacial score (nSPS) is 21.2. The predicted molar refractivity (Wildman–Crippen MR) is 117 cm³/mol. The van der Waals surface area contributed by atoms with Gasteiger partial charge in [-0.25, -0.2) is 8.42 Å². The van der Waals surface area contributed by atoms with E-state index in [1.807, 2.05) is 73.6 Å². The number of sulfonamides is 1. The Morgan fingerprint density at radius 1 is 0.867 bits per heavy atom. The van der Waals surface area contributed by atoms with E-state index < -0.39 is 33.5 Å². The lowest BCUT2D eigenvalue weighted by Gasteiger charge is -2.32. The zero-order chi connectivity index (χ0) is 21.6. The van der Waals surface area contributed by atoms with Crippen LogP contribution in [0, 0.1) is 5.92 Å². The smallest absolute Gasteiger partial charge is 0.232 e. The molecule has 0 aromatic heterocycles. The van der Waals surface area contributed by atoms with Crippen molar-refractivity contribution in [3.8, 4) is 0 Å². The van der Waals surface area contributed by atoms with Crippen LogP contribution in [0.3, 0.4) is 0 Å². The number of rotatable bonds is 4. The lowest BCUT2D eigenvalue weighted by molar-refractivity contribution is -0.135. The van der Waals surface area contributed by atoms with Crippen molar-refractivity contribution in [3.63, 3.8) is 0 Å². The van der Waals surface area contributed by atoms with Crippen LogP contribution in [0.15, 0.2) is 66.9 Å². The van der Waals surface area contributed by atoms with E-state index in [1.54, 1.807) is 0 Å². The average molecular weight is 423 g/mol. The van der Waals surface area contributed by atoms with Gasteiger partial charge in [-0.05, 0) is 40.5 Å². The number of fused-ring (bicyclic) bond motifs is 1. The summed E-state index contributed by atoms with van der Waals surface area (Å²) in [7, 11) is 0.171. The summed E-state index contributed by atoms with van der Waals surface area (Å²) in [5, 5.41) is 0. The number of benzene rings is 2. The molecule has 154 valence electrons. The summed E-state index contributed by atoms with van der Waals surface area (Å²) in [6.07, 6.45) is 3.90. The number of hydrogen-bond acceptors (Lipinski definition) is 5. The zero-order valence-electron chi connectivity index (χ0n) is 16.9. The quantitative estimate of drug-likeness (QED) is 0.708. The number of nitrogens with zero attached hydrogens (tertiary/aromatic N) is 2. The van der Waals surface area contributed by atoms with E-state index in [9.17, 15) is 18.0 Å². The predicted octanol–water partition coefficient (Wildman–Crippen LogP) is 2.59. The fourth-order valence-electron chi connectivity index (χ4n) is 4.06. The summed E-state index contributed by atoms with van der Waals surface area (Å²) >= 11 is 0. The van der Waals surface area contributed by atoms with Gasteiger partial charge in [-0.3, -0.25) is 13.9 Å². The summed E-state index contributed by atoms with van der Waals surface area (Å²) in [4.78, 5) is 27.5. The number of carbonyl (C=O) groups is 2. The van der Waals surface area contributed by atoms with Gasteiger partial charge in [0.15, 0.2) is 0 Å². The number of anilines is 1. The molecule has 2 aliphatic rings. The van der Waals surface area contributed by atoms with Crippen molar-refractivity contribution in [2.24, 2.45) is 5.92 Å². The third-order valence-electron chi connectivity index (χ3n) is 5.53. The average Bonchev–Trinajstić information content (AvgIpc) is 3.13. The van der Waals surface area contributed by atoms with Crippen molar-refractivity contribution in [1.29, 1.82) is 0 Å². The molecule has 1 aliphatic carbocycles. The Morgan fingerprint density at radius 2 is 1.47 bits per heavy atom. The summed E-state index contributed by atoms with van der Waals surface area (Å²) in [5.41, 5.74) is 3.49. The Morgan fingerprint density at radius 3 is 2.03 bits per heavy atom. The van der Waals surface area contributed by atoms with E-state index in [1.165, 1.54) is 16.6 Å². The fraction of sp³-hybridized carbons (Fsp3) is 0.217. The summed E-state index contributed by atoms with van der Waals surface area (Å²) in [5.74, 6) is -2.07. The number of carbonyl (C=O) groups excluding carboxylic acids is 2. The van der Waals surface area contributed by atoms with Crippen molar-refractivity contribution < 1.29 is 18.0 Å². The van der Waals surface area contributed by atoms with E-state index in [0.29, 0.717) is 16.7 Å². The van der Waals surface area contributed by atoms with Crippen LogP contribution in [0.2, 0.25) is 0 Å².